The Morgan fingerprint density at radius 1 is 1.41 bits per heavy atom. The van der Waals surface area contributed by atoms with Crippen LogP contribution in [0, 0.1) is 0 Å². The van der Waals surface area contributed by atoms with Crippen LogP contribution in [0.5, 0.6) is 0 Å². The van der Waals surface area contributed by atoms with Gasteiger partial charge in [-0.15, -0.1) is 0 Å². The summed E-state index contributed by atoms with van der Waals surface area (Å²) in [5, 5.41) is 3.79. The van der Waals surface area contributed by atoms with Crippen LogP contribution in [0.15, 0.2) is 43.2 Å². The second-order valence-corrected chi connectivity index (χ2v) is 5.00. The lowest BCUT2D eigenvalue weighted by Gasteiger charge is -2.08. The van der Waals surface area contributed by atoms with Crippen LogP contribution in [0.1, 0.15) is 6.42 Å². The molecule has 22 heavy (non-hydrogen) atoms. The molecule has 0 fully saturated rings. The molecule has 2 heterocycles. The Bertz CT molecular complexity index is 852. The van der Waals surface area contributed by atoms with Crippen molar-refractivity contribution in [2.24, 2.45) is 0 Å². The second-order valence-electron chi connectivity index (χ2n) is 5.00. The molecule has 112 valence electrons. The fraction of sp³-hybridized carbons (Fsp3) is 0.188. The molecular weight excluding hydrogens is 278 g/mol. The van der Waals surface area contributed by atoms with E-state index in [4.69, 9.17) is 5.73 Å². The van der Waals surface area contributed by atoms with E-state index < -0.39 is 0 Å². The summed E-state index contributed by atoms with van der Waals surface area (Å²) in [5.41, 5.74) is 8.55. The van der Waals surface area contributed by atoms with Crippen LogP contribution >= 0.6 is 0 Å². The van der Waals surface area contributed by atoms with Crippen molar-refractivity contribution in [1.82, 2.24) is 19.9 Å². The number of hydrogen-bond donors (Lipinski definition) is 2. The van der Waals surface area contributed by atoms with Crippen molar-refractivity contribution in [3.8, 4) is 0 Å². The number of anilines is 1. The summed E-state index contributed by atoms with van der Waals surface area (Å²) in [5.74, 6) is 0.279. The third-order valence-electron chi connectivity index (χ3n) is 3.54. The number of hydrogen-bond acceptors (Lipinski definition) is 4. The van der Waals surface area contributed by atoms with Gasteiger partial charge in [-0.25, -0.2) is 9.97 Å². The number of nitrogens with two attached hydrogens (primary N) is 1. The van der Waals surface area contributed by atoms with Gasteiger partial charge in [0, 0.05) is 18.5 Å². The molecule has 6 heteroatoms. The largest absolute Gasteiger partial charge is 0.382 e. The lowest BCUT2D eigenvalue weighted by Crippen LogP contribution is -2.22. The molecule has 0 radical (unpaired) electrons. The monoisotopic (exact) mass is 295 g/mol. The van der Waals surface area contributed by atoms with Crippen LogP contribution in [0.25, 0.3) is 21.9 Å². The maximum Gasteiger partial charge on any atom is 0.243 e. The van der Waals surface area contributed by atoms with Crippen molar-refractivity contribution < 1.29 is 4.79 Å². The minimum absolute atomic E-state index is 0.158. The van der Waals surface area contributed by atoms with Gasteiger partial charge >= 0.3 is 0 Å². The minimum Gasteiger partial charge on any atom is -0.382 e. The normalized spacial score (nSPS) is 10.9. The second kappa shape index (κ2) is 5.85. The van der Waals surface area contributed by atoms with E-state index in [2.05, 4.69) is 26.4 Å². The van der Waals surface area contributed by atoms with Gasteiger partial charge in [0.25, 0.3) is 0 Å². The van der Waals surface area contributed by atoms with E-state index >= 15 is 0 Å². The van der Waals surface area contributed by atoms with Crippen LogP contribution in [0.3, 0.4) is 0 Å². The molecule has 3 rings (SSSR count). The Hall–Kier alpha value is -2.89. The molecule has 0 aliphatic heterocycles. The smallest absolute Gasteiger partial charge is 0.243 e. The summed E-state index contributed by atoms with van der Waals surface area (Å²) in [6, 6.07) is 7.86. The summed E-state index contributed by atoms with van der Waals surface area (Å²) in [4.78, 5) is 19.9. The Morgan fingerprint density at radius 2 is 2.23 bits per heavy atom. The van der Waals surface area contributed by atoms with E-state index in [1.165, 1.54) is 6.08 Å². The van der Waals surface area contributed by atoms with Gasteiger partial charge in [-0.3, -0.25) is 4.79 Å². The molecule has 0 aliphatic carbocycles. The number of benzene rings is 1. The van der Waals surface area contributed by atoms with Crippen LogP contribution in [-0.4, -0.2) is 27.0 Å². The third kappa shape index (κ3) is 2.50. The van der Waals surface area contributed by atoms with Gasteiger partial charge in [0.1, 0.15) is 5.52 Å². The van der Waals surface area contributed by atoms with Gasteiger partial charge in [-0.2, -0.15) is 0 Å². The van der Waals surface area contributed by atoms with E-state index in [-0.39, 0.29) is 5.91 Å². The van der Waals surface area contributed by atoms with Crippen molar-refractivity contribution >= 4 is 33.7 Å². The molecule has 0 unspecified atom stereocenters. The molecule has 6 nitrogen and oxygen atoms in total. The van der Waals surface area contributed by atoms with Gasteiger partial charge in [-0.1, -0.05) is 24.8 Å². The zero-order chi connectivity index (χ0) is 15.5. The maximum absolute atomic E-state index is 11.1. The molecule has 0 aliphatic rings. The Morgan fingerprint density at radius 3 is 3.05 bits per heavy atom. The van der Waals surface area contributed by atoms with E-state index in [1.54, 1.807) is 6.33 Å². The summed E-state index contributed by atoms with van der Waals surface area (Å²) >= 11 is 0. The summed E-state index contributed by atoms with van der Waals surface area (Å²) in [7, 11) is 0. The Labute approximate surface area is 127 Å². The first-order chi connectivity index (χ1) is 10.7. The first-order valence-electron chi connectivity index (χ1n) is 7.10. The highest BCUT2D eigenvalue weighted by Crippen LogP contribution is 2.26. The third-order valence-corrected chi connectivity index (χ3v) is 3.54. The number of nitrogen functional groups attached to an aromatic ring is 1. The van der Waals surface area contributed by atoms with E-state index in [0.29, 0.717) is 17.9 Å². The van der Waals surface area contributed by atoms with E-state index in [0.717, 1.165) is 29.4 Å². The number of carbonyl (C=O) groups is 1. The van der Waals surface area contributed by atoms with Gasteiger partial charge in [0.05, 0.1) is 17.4 Å². The molecule has 0 saturated carbocycles. The number of aryl methyl sites for hydroxylation is 1. The Balaban J connectivity index is 1.90. The predicted molar refractivity (Wildman–Crippen MR) is 87.3 cm³/mol. The van der Waals surface area contributed by atoms with Crippen molar-refractivity contribution in [2.45, 2.75) is 13.0 Å². The van der Waals surface area contributed by atoms with Crippen molar-refractivity contribution in [3.63, 3.8) is 0 Å². The average molecular weight is 295 g/mol. The summed E-state index contributed by atoms with van der Waals surface area (Å²) in [6.45, 7) is 4.75. The topological polar surface area (TPSA) is 85.8 Å². The molecule has 1 amide bonds. The van der Waals surface area contributed by atoms with Crippen molar-refractivity contribution in [3.05, 3.63) is 43.2 Å². The quantitative estimate of drug-likeness (QED) is 0.555. The molecule has 0 saturated heterocycles. The van der Waals surface area contributed by atoms with Crippen molar-refractivity contribution in [1.29, 1.82) is 0 Å². The first kappa shape index (κ1) is 14.1. The molecule has 0 atom stereocenters. The number of carbonyl (C=O) groups excluding carboxylic acids is 1. The van der Waals surface area contributed by atoms with E-state index in [9.17, 15) is 4.79 Å². The lowest BCUT2D eigenvalue weighted by molar-refractivity contribution is -0.116. The number of pyridine rings is 1. The average Bonchev–Trinajstić information content (AvgIpc) is 2.96. The SMILES string of the molecule is C=CC(=O)NCCCn1cnc2c(N)nc3ccccc3c21. The predicted octanol–water partition coefficient (Wildman–Crippen LogP) is 1.86. The molecule has 1 aromatic carbocycles. The van der Waals surface area contributed by atoms with Crippen molar-refractivity contribution in [2.75, 3.05) is 12.3 Å². The molecular formula is C16H17N5O. The first-order valence-corrected chi connectivity index (χ1v) is 7.10. The highest BCUT2D eigenvalue weighted by atomic mass is 16.1. The molecule has 2 aromatic heterocycles. The zero-order valence-electron chi connectivity index (χ0n) is 12.1. The molecule has 0 bridgehead atoms. The number of rotatable bonds is 5. The number of nitrogens with one attached hydrogen (secondary N) is 1. The molecule has 0 spiro atoms. The fourth-order valence-electron chi connectivity index (χ4n) is 2.51. The van der Waals surface area contributed by atoms with Gasteiger partial charge in [0.15, 0.2) is 5.82 Å². The number of fused-ring (bicyclic) bond motifs is 3. The van der Waals surface area contributed by atoms with Crippen LogP contribution < -0.4 is 11.1 Å². The number of amides is 1. The summed E-state index contributed by atoms with van der Waals surface area (Å²) in [6.07, 6.45) is 3.83. The lowest BCUT2D eigenvalue weighted by atomic mass is 10.2. The number of aromatic nitrogens is 3. The number of para-hydroxylation sites is 1. The highest BCUT2D eigenvalue weighted by molar-refractivity contribution is 6.06. The molecule has 3 N–H and O–H groups in total. The van der Waals surface area contributed by atoms with Crippen LogP contribution in [0.2, 0.25) is 0 Å². The number of imidazole rings is 1. The Kier molecular flexibility index (Phi) is 3.74. The fourth-order valence-corrected chi connectivity index (χ4v) is 2.51. The van der Waals surface area contributed by atoms with Crippen LogP contribution in [-0.2, 0) is 11.3 Å². The summed E-state index contributed by atoms with van der Waals surface area (Å²) < 4.78 is 2.05. The standard InChI is InChI=1S/C16H17N5O/c1-2-13(22)18-8-5-9-21-10-19-14-15(21)11-6-3-4-7-12(11)20-16(14)17/h2-4,6-7,10H,1,5,8-9H2,(H2,17,20)(H,18,22). The highest BCUT2D eigenvalue weighted by Gasteiger charge is 2.11. The zero-order valence-corrected chi connectivity index (χ0v) is 12.1. The van der Waals surface area contributed by atoms with E-state index in [1.807, 2.05) is 24.3 Å². The minimum atomic E-state index is -0.158. The maximum atomic E-state index is 11.1. The van der Waals surface area contributed by atoms with Crippen LogP contribution in [0.4, 0.5) is 5.82 Å². The number of nitrogens with zero attached hydrogens (tertiary/aromatic N) is 3. The van der Waals surface area contributed by atoms with Gasteiger partial charge in [-0.05, 0) is 18.6 Å². The van der Waals surface area contributed by atoms with Gasteiger partial charge < -0.3 is 15.6 Å². The van der Waals surface area contributed by atoms with Gasteiger partial charge in [0.2, 0.25) is 5.91 Å². The molecule has 3 aromatic rings.